The third-order valence-corrected chi connectivity index (χ3v) is 5.55. The Morgan fingerprint density at radius 3 is 2.75 bits per heavy atom. The number of rotatable bonds is 5. The number of hydrogen-bond donors (Lipinski definition) is 1. The second kappa shape index (κ2) is 8.59. The van der Waals surface area contributed by atoms with E-state index < -0.39 is 0 Å². The van der Waals surface area contributed by atoms with Gasteiger partial charge in [0.05, 0.1) is 29.7 Å². The molecule has 6 nitrogen and oxygen atoms in total. The van der Waals surface area contributed by atoms with Gasteiger partial charge in [-0.15, -0.1) is 0 Å². The van der Waals surface area contributed by atoms with E-state index in [0.717, 1.165) is 46.8 Å². The van der Waals surface area contributed by atoms with E-state index in [4.69, 9.17) is 9.72 Å². The molecular weight excluding hydrogens is 467 g/mol. The standard InChI is InChI=1S/C21H23IN4O2/c1-2-28-19-6-4-3-5-18(19)26-20(14-25-11-9-23-10-12-25)24-17-13-15(22)7-8-16(17)21(26)27/h3-8,13,23H,2,9-12,14H2,1H3. The molecule has 1 aliphatic heterocycles. The van der Waals surface area contributed by atoms with Crippen molar-refractivity contribution in [1.82, 2.24) is 19.8 Å². The van der Waals surface area contributed by atoms with Crippen molar-refractivity contribution in [2.45, 2.75) is 13.5 Å². The molecule has 4 rings (SSSR count). The fourth-order valence-electron chi connectivity index (χ4n) is 3.55. The molecule has 7 heteroatoms. The Balaban J connectivity index is 1.92. The molecule has 0 aliphatic carbocycles. The van der Waals surface area contributed by atoms with Gasteiger partial charge in [-0.05, 0) is 59.8 Å². The zero-order valence-electron chi connectivity index (χ0n) is 15.8. The first-order valence-corrected chi connectivity index (χ1v) is 10.6. The van der Waals surface area contributed by atoms with Crippen molar-refractivity contribution < 1.29 is 4.74 Å². The first-order chi connectivity index (χ1) is 13.7. The molecule has 0 spiro atoms. The number of benzene rings is 2. The van der Waals surface area contributed by atoms with E-state index in [1.54, 1.807) is 4.57 Å². The summed E-state index contributed by atoms with van der Waals surface area (Å²) < 4.78 is 8.60. The number of aromatic nitrogens is 2. The SMILES string of the molecule is CCOc1ccccc1-n1c(CN2CCNCC2)nc2cc(I)ccc2c1=O. The molecule has 2 heterocycles. The van der Waals surface area contributed by atoms with Crippen molar-refractivity contribution in [1.29, 1.82) is 0 Å². The lowest BCUT2D eigenvalue weighted by Crippen LogP contribution is -2.44. The second-order valence-electron chi connectivity index (χ2n) is 6.76. The van der Waals surface area contributed by atoms with Crippen LogP contribution in [0.4, 0.5) is 0 Å². The zero-order valence-corrected chi connectivity index (χ0v) is 18.0. The Kier molecular flexibility index (Phi) is 5.93. The molecule has 0 amide bonds. The predicted octanol–water partition coefficient (Wildman–Crippen LogP) is 2.79. The lowest BCUT2D eigenvalue weighted by Gasteiger charge is -2.28. The monoisotopic (exact) mass is 490 g/mol. The van der Waals surface area contributed by atoms with Gasteiger partial charge < -0.3 is 10.1 Å². The van der Waals surface area contributed by atoms with E-state index in [0.29, 0.717) is 24.3 Å². The highest BCUT2D eigenvalue weighted by Crippen LogP contribution is 2.24. The molecule has 1 fully saturated rings. The third kappa shape index (κ3) is 3.92. The van der Waals surface area contributed by atoms with Gasteiger partial charge in [-0.2, -0.15) is 0 Å². The van der Waals surface area contributed by atoms with E-state index in [2.05, 4.69) is 32.8 Å². The van der Waals surface area contributed by atoms with Crippen LogP contribution >= 0.6 is 22.6 Å². The average molecular weight is 490 g/mol. The number of para-hydroxylation sites is 2. The number of ether oxygens (including phenoxy) is 1. The van der Waals surface area contributed by atoms with Crippen molar-refractivity contribution >= 4 is 33.5 Å². The predicted molar refractivity (Wildman–Crippen MR) is 119 cm³/mol. The van der Waals surface area contributed by atoms with Crippen LogP contribution in [0.2, 0.25) is 0 Å². The molecule has 146 valence electrons. The van der Waals surface area contributed by atoms with Crippen LogP contribution in [0.25, 0.3) is 16.6 Å². The van der Waals surface area contributed by atoms with Crippen LogP contribution in [0.3, 0.4) is 0 Å². The summed E-state index contributed by atoms with van der Waals surface area (Å²) in [5.41, 5.74) is 1.43. The quantitative estimate of drug-likeness (QED) is 0.558. The Morgan fingerprint density at radius 1 is 1.18 bits per heavy atom. The van der Waals surface area contributed by atoms with Crippen LogP contribution in [0, 0.1) is 3.57 Å². The second-order valence-corrected chi connectivity index (χ2v) is 8.00. The van der Waals surface area contributed by atoms with Crippen LogP contribution in [0.5, 0.6) is 5.75 Å². The maximum atomic E-state index is 13.5. The maximum absolute atomic E-state index is 13.5. The largest absolute Gasteiger partial charge is 0.492 e. The van der Waals surface area contributed by atoms with Gasteiger partial charge in [0, 0.05) is 29.7 Å². The molecule has 1 N–H and O–H groups in total. The van der Waals surface area contributed by atoms with Crippen LogP contribution in [0.15, 0.2) is 47.3 Å². The molecule has 28 heavy (non-hydrogen) atoms. The first kappa shape index (κ1) is 19.4. The molecular formula is C21H23IN4O2. The summed E-state index contributed by atoms with van der Waals surface area (Å²) in [6.45, 7) is 6.88. The fourth-order valence-corrected chi connectivity index (χ4v) is 4.02. The minimum atomic E-state index is -0.0568. The number of nitrogens with zero attached hydrogens (tertiary/aromatic N) is 3. The molecule has 0 unspecified atom stereocenters. The minimum absolute atomic E-state index is 0.0568. The van der Waals surface area contributed by atoms with Crippen molar-refractivity contribution in [3.8, 4) is 11.4 Å². The lowest BCUT2D eigenvalue weighted by molar-refractivity contribution is 0.226. The van der Waals surface area contributed by atoms with E-state index in [1.807, 2.05) is 49.4 Å². The van der Waals surface area contributed by atoms with Crippen molar-refractivity contribution in [2.75, 3.05) is 32.8 Å². The van der Waals surface area contributed by atoms with E-state index >= 15 is 0 Å². The molecule has 3 aromatic rings. The smallest absolute Gasteiger partial charge is 0.266 e. The molecule has 2 aromatic carbocycles. The number of hydrogen-bond acceptors (Lipinski definition) is 5. The number of piperazine rings is 1. The summed E-state index contributed by atoms with van der Waals surface area (Å²) in [4.78, 5) is 20.7. The number of fused-ring (bicyclic) bond motifs is 1. The van der Waals surface area contributed by atoms with Crippen LogP contribution in [0.1, 0.15) is 12.7 Å². The summed E-state index contributed by atoms with van der Waals surface area (Å²) >= 11 is 2.26. The maximum Gasteiger partial charge on any atom is 0.266 e. The number of nitrogens with one attached hydrogen (secondary N) is 1. The van der Waals surface area contributed by atoms with E-state index in [1.165, 1.54) is 0 Å². The molecule has 1 aromatic heterocycles. The van der Waals surface area contributed by atoms with E-state index in [9.17, 15) is 4.79 Å². The zero-order chi connectivity index (χ0) is 19.5. The lowest BCUT2D eigenvalue weighted by atomic mass is 10.2. The Bertz CT molecular complexity index is 1040. The highest BCUT2D eigenvalue weighted by Gasteiger charge is 2.19. The molecule has 0 saturated carbocycles. The summed E-state index contributed by atoms with van der Waals surface area (Å²) in [5.74, 6) is 1.44. The van der Waals surface area contributed by atoms with Gasteiger partial charge in [-0.25, -0.2) is 4.98 Å². The first-order valence-electron chi connectivity index (χ1n) is 9.54. The molecule has 0 atom stereocenters. The number of halogens is 1. The summed E-state index contributed by atoms with van der Waals surface area (Å²) in [5, 5.41) is 3.99. The van der Waals surface area contributed by atoms with Crippen LogP contribution in [-0.4, -0.2) is 47.2 Å². The van der Waals surface area contributed by atoms with Crippen LogP contribution in [-0.2, 0) is 6.54 Å². The molecule has 0 radical (unpaired) electrons. The topological polar surface area (TPSA) is 59.4 Å². The Morgan fingerprint density at radius 2 is 1.96 bits per heavy atom. The van der Waals surface area contributed by atoms with Crippen molar-refractivity contribution in [3.63, 3.8) is 0 Å². The fraction of sp³-hybridized carbons (Fsp3) is 0.333. The van der Waals surface area contributed by atoms with Gasteiger partial charge in [0.2, 0.25) is 0 Å². The van der Waals surface area contributed by atoms with Crippen LogP contribution < -0.4 is 15.6 Å². The summed E-state index contributed by atoms with van der Waals surface area (Å²) in [6.07, 6.45) is 0. The van der Waals surface area contributed by atoms with Gasteiger partial charge in [0.15, 0.2) is 0 Å². The van der Waals surface area contributed by atoms with Gasteiger partial charge in [-0.3, -0.25) is 14.3 Å². The van der Waals surface area contributed by atoms with Gasteiger partial charge in [0.25, 0.3) is 5.56 Å². The Hall–Kier alpha value is -1.97. The third-order valence-electron chi connectivity index (χ3n) is 4.88. The highest BCUT2D eigenvalue weighted by atomic mass is 127. The average Bonchev–Trinajstić information content (AvgIpc) is 2.70. The van der Waals surface area contributed by atoms with Crippen molar-refractivity contribution in [2.24, 2.45) is 0 Å². The van der Waals surface area contributed by atoms with Gasteiger partial charge in [0.1, 0.15) is 11.6 Å². The van der Waals surface area contributed by atoms with Gasteiger partial charge >= 0.3 is 0 Å². The summed E-state index contributed by atoms with van der Waals surface area (Å²) in [7, 11) is 0. The molecule has 0 bridgehead atoms. The van der Waals surface area contributed by atoms with Crippen molar-refractivity contribution in [3.05, 3.63) is 62.2 Å². The minimum Gasteiger partial charge on any atom is -0.492 e. The molecule has 1 saturated heterocycles. The Labute approximate surface area is 177 Å². The highest BCUT2D eigenvalue weighted by molar-refractivity contribution is 14.1. The summed E-state index contributed by atoms with van der Waals surface area (Å²) in [6, 6.07) is 13.5. The molecule has 1 aliphatic rings. The van der Waals surface area contributed by atoms with E-state index in [-0.39, 0.29) is 5.56 Å². The van der Waals surface area contributed by atoms with Gasteiger partial charge in [-0.1, -0.05) is 12.1 Å². The normalized spacial score (nSPS) is 15.1.